The molecule has 1 heterocycles. The topological polar surface area (TPSA) is 87.0 Å². The Bertz CT molecular complexity index is 668. The van der Waals surface area contributed by atoms with Gasteiger partial charge in [0.15, 0.2) is 5.78 Å². The van der Waals surface area contributed by atoms with Crippen molar-refractivity contribution in [3.05, 3.63) is 16.7 Å². The summed E-state index contributed by atoms with van der Waals surface area (Å²) in [6.45, 7) is 10.9. The number of carbonyl (C=O) groups is 1. The van der Waals surface area contributed by atoms with Crippen molar-refractivity contribution in [3.63, 3.8) is 0 Å². The molecule has 5 heteroatoms. The Kier molecular flexibility index (Phi) is 5.38. The maximum absolute atomic E-state index is 12.5. The number of benzene rings is 1. The molecule has 0 bridgehead atoms. The average Bonchev–Trinajstić information content (AvgIpc) is 2.92. The Hall–Kier alpha value is -1.75. The first-order valence-corrected chi connectivity index (χ1v) is 8.98. The molecule has 0 radical (unpaired) electrons. The molecular weight excluding hydrogens is 320 g/mol. The van der Waals surface area contributed by atoms with Crippen LogP contribution in [0.4, 0.5) is 0 Å². The first-order chi connectivity index (χ1) is 11.4. The van der Waals surface area contributed by atoms with Gasteiger partial charge in [0.1, 0.15) is 28.9 Å². The van der Waals surface area contributed by atoms with Gasteiger partial charge in [-0.15, -0.1) is 0 Å². The number of aromatic hydroxyl groups is 2. The predicted octanol–water partition coefficient (Wildman–Crippen LogP) is 3.60. The minimum absolute atomic E-state index is 0.0208. The molecule has 0 amide bonds. The summed E-state index contributed by atoms with van der Waals surface area (Å²) in [5.41, 5.74) is -0.0593. The molecule has 2 rings (SSSR count). The van der Waals surface area contributed by atoms with Crippen molar-refractivity contribution < 1.29 is 24.9 Å². The van der Waals surface area contributed by atoms with Gasteiger partial charge >= 0.3 is 0 Å². The number of hydrogen-bond acceptors (Lipinski definition) is 5. The van der Waals surface area contributed by atoms with E-state index in [0.29, 0.717) is 35.6 Å². The zero-order valence-electron chi connectivity index (χ0n) is 16.0. The third-order valence-corrected chi connectivity index (χ3v) is 4.77. The Morgan fingerprint density at radius 3 is 2.28 bits per heavy atom. The molecule has 5 nitrogen and oxygen atoms in total. The second-order valence-corrected chi connectivity index (χ2v) is 8.27. The van der Waals surface area contributed by atoms with Crippen LogP contribution in [0.15, 0.2) is 0 Å². The molecular formula is C20H30O5. The minimum atomic E-state index is -1.10. The minimum Gasteiger partial charge on any atom is -0.507 e. The summed E-state index contributed by atoms with van der Waals surface area (Å²) < 4.78 is 5.91. The van der Waals surface area contributed by atoms with Crippen LogP contribution in [0, 0.1) is 11.8 Å². The molecule has 0 saturated carbocycles. The molecule has 0 fully saturated rings. The van der Waals surface area contributed by atoms with E-state index < -0.39 is 11.7 Å². The number of fused-ring (bicyclic) bond motifs is 1. The molecule has 140 valence electrons. The number of ether oxygens (including phenoxy) is 1. The highest BCUT2D eigenvalue weighted by molar-refractivity contribution is 6.03. The van der Waals surface area contributed by atoms with Crippen LogP contribution in [0.25, 0.3) is 0 Å². The van der Waals surface area contributed by atoms with Gasteiger partial charge in [0.25, 0.3) is 0 Å². The lowest BCUT2D eigenvalue weighted by atomic mass is 9.89. The number of aliphatic hydroxyl groups is 1. The molecule has 0 saturated heterocycles. The second-order valence-electron chi connectivity index (χ2n) is 8.27. The molecule has 1 aliphatic heterocycles. The highest BCUT2D eigenvalue weighted by Gasteiger charge is 2.40. The molecule has 1 unspecified atom stereocenters. The van der Waals surface area contributed by atoms with Gasteiger partial charge in [-0.1, -0.05) is 27.7 Å². The predicted molar refractivity (Wildman–Crippen MR) is 96.5 cm³/mol. The van der Waals surface area contributed by atoms with E-state index >= 15 is 0 Å². The van der Waals surface area contributed by atoms with Crippen molar-refractivity contribution in [2.45, 2.75) is 72.5 Å². The maximum Gasteiger partial charge on any atom is 0.172 e. The second kappa shape index (κ2) is 6.87. The van der Waals surface area contributed by atoms with Crippen LogP contribution in [-0.2, 0) is 12.8 Å². The lowest BCUT2D eigenvalue weighted by Gasteiger charge is -2.25. The van der Waals surface area contributed by atoms with E-state index in [-0.39, 0.29) is 28.8 Å². The van der Waals surface area contributed by atoms with Crippen LogP contribution in [0.5, 0.6) is 17.2 Å². The zero-order valence-corrected chi connectivity index (χ0v) is 16.0. The van der Waals surface area contributed by atoms with Crippen LogP contribution in [0.2, 0.25) is 0 Å². The molecule has 3 N–H and O–H groups in total. The van der Waals surface area contributed by atoms with Crippen LogP contribution in [-0.4, -0.2) is 32.8 Å². The van der Waals surface area contributed by atoms with Gasteiger partial charge in [0.05, 0.1) is 5.60 Å². The van der Waals surface area contributed by atoms with Gasteiger partial charge in [0.2, 0.25) is 0 Å². The SMILES string of the molecule is CC(C)CCc1c(O)c(C(=O)C(C)C)c(O)c2c1OC(C(C)(C)O)C2. The fourth-order valence-corrected chi connectivity index (χ4v) is 3.09. The van der Waals surface area contributed by atoms with Crippen LogP contribution < -0.4 is 4.74 Å². The first kappa shape index (κ1) is 19.6. The molecule has 0 aliphatic carbocycles. The normalized spacial score (nSPS) is 17.1. The number of hydrogen-bond donors (Lipinski definition) is 3. The van der Waals surface area contributed by atoms with Crippen LogP contribution in [0.1, 0.15) is 69.4 Å². The zero-order chi connectivity index (χ0) is 19.1. The average molecular weight is 350 g/mol. The third-order valence-electron chi connectivity index (χ3n) is 4.77. The number of carbonyl (C=O) groups excluding carboxylic acids is 1. The smallest absolute Gasteiger partial charge is 0.172 e. The molecule has 25 heavy (non-hydrogen) atoms. The van der Waals surface area contributed by atoms with E-state index in [4.69, 9.17) is 4.74 Å². The fourth-order valence-electron chi connectivity index (χ4n) is 3.09. The van der Waals surface area contributed by atoms with Crippen molar-refractivity contribution in [2.75, 3.05) is 0 Å². The highest BCUT2D eigenvalue weighted by Crippen LogP contribution is 2.49. The summed E-state index contributed by atoms with van der Waals surface area (Å²) in [6.07, 6.45) is 1.13. The number of rotatable bonds is 6. The summed E-state index contributed by atoms with van der Waals surface area (Å²) in [5.74, 6) is -0.212. The summed E-state index contributed by atoms with van der Waals surface area (Å²) in [6, 6.07) is 0. The lowest BCUT2D eigenvalue weighted by molar-refractivity contribution is -0.0233. The number of Topliss-reactive ketones (excluding diaryl/α,β-unsaturated/α-hetero) is 1. The van der Waals surface area contributed by atoms with E-state index in [1.54, 1.807) is 27.7 Å². The fraction of sp³-hybridized carbons (Fsp3) is 0.650. The lowest BCUT2D eigenvalue weighted by Crippen LogP contribution is -2.39. The van der Waals surface area contributed by atoms with Gasteiger partial charge in [-0.25, -0.2) is 0 Å². The standard InChI is InChI=1S/C20H30O5/c1-10(2)7-8-12-17(22)15(16(21)11(3)4)18(23)13-9-14(20(5,6)24)25-19(12)13/h10-11,14,22-24H,7-9H2,1-6H3. The van der Waals surface area contributed by atoms with Gasteiger partial charge in [-0.05, 0) is 32.6 Å². The summed E-state index contributed by atoms with van der Waals surface area (Å²) in [5, 5.41) is 31.7. The van der Waals surface area contributed by atoms with Crippen molar-refractivity contribution in [1.82, 2.24) is 0 Å². The van der Waals surface area contributed by atoms with Crippen LogP contribution >= 0.6 is 0 Å². The number of ketones is 1. The quantitative estimate of drug-likeness (QED) is 0.682. The molecule has 0 spiro atoms. The molecule has 1 atom stereocenters. The molecule has 0 aromatic heterocycles. The summed E-state index contributed by atoms with van der Waals surface area (Å²) >= 11 is 0. The van der Waals surface area contributed by atoms with E-state index in [9.17, 15) is 20.1 Å². The van der Waals surface area contributed by atoms with E-state index in [2.05, 4.69) is 13.8 Å². The van der Waals surface area contributed by atoms with Gasteiger partial charge in [0, 0.05) is 23.5 Å². The van der Waals surface area contributed by atoms with Crippen molar-refractivity contribution in [2.24, 2.45) is 11.8 Å². The Balaban J connectivity index is 2.61. The van der Waals surface area contributed by atoms with E-state index in [1.807, 2.05) is 0 Å². The Labute approximate surface area is 149 Å². The number of phenolic OH excluding ortho intramolecular Hbond substituents is 2. The third kappa shape index (κ3) is 3.76. The Morgan fingerprint density at radius 2 is 1.80 bits per heavy atom. The van der Waals surface area contributed by atoms with Crippen LogP contribution in [0.3, 0.4) is 0 Å². The monoisotopic (exact) mass is 350 g/mol. The van der Waals surface area contributed by atoms with E-state index in [1.165, 1.54) is 0 Å². The number of phenols is 2. The van der Waals surface area contributed by atoms with Gasteiger partial charge < -0.3 is 20.1 Å². The van der Waals surface area contributed by atoms with Gasteiger partial charge in [-0.2, -0.15) is 0 Å². The Morgan fingerprint density at radius 1 is 1.20 bits per heavy atom. The maximum atomic E-state index is 12.5. The highest BCUT2D eigenvalue weighted by atomic mass is 16.5. The first-order valence-electron chi connectivity index (χ1n) is 8.98. The van der Waals surface area contributed by atoms with Crippen molar-refractivity contribution in [3.8, 4) is 17.2 Å². The summed E-state index contributed by atoms with van der Waals surface area (Å²) in [4.78, 5) is 12.5. The molecule has 1 aliphatic rings. The largest absolute Gasteiger partial charge is 0.507 e. The molecule has 1 aromatic carbocycles. The summed E-state index contributed by atoms with van der Waals surface area (Å²) in [7, 11) is 0. The van der Waals surface area contributed by atoms with Gasteiger partial charge in [-0.3, -0.25) is 4.79 Å². The van der Waals surface area contributed by atoms with Crippen molar-refractivity contribution >= 4 is 5.78 Å². The van der Waals surface area contributed by atoms with E-state index in [0.717, 1.165) is 6.42 Å². The van der Waals surface area contributed by atoms with Crippen molar-refractivity contribution in [1.29, 1.82) is 0 Å². The molecule has 1 aromatic rings.